The van der Waals surface area contributed by atoms with Gasteiger partial charge in [-0.25, -0.2) is 0 Å². The summed E-state index contributed by atoms with van der Waals surface area (Å²) in [7, 11) is 0. The van der Waals surface area contributed by atoms with Crippen LogP contribution in [0, 0.1) is 10.1 Å². The maximum atomic E-state index is 12.4. The Balaban J connectivity index is 2.59. The molecule has 0 amide bonds. The van der Waals surface area contributed by atoms with Gasteiger partial charge in [-0.2, -0.15) is 18.4 Å². The number of benzene rings is 1. The molecular formula is C8H3F3N5O2-. The van der Waals surface area contributed by atoms with Crippen molar-refractivity contribution in [2.45, 2.75) is 6.18 Å². The standard InChI is InChI=1S/C8H3F3N5O2/c9-8(10,11)4-1-2-5(6(3-4)16(17)18)7-12-14-15-13-7/h1-3H/q-1. The summed E-state index contributed by atoms with van der Waals surface area (Å²) in [6.45, 7) is 0. The topological polar surface area (TPSA) is 95.9 Å². The third kappa shape index (κ3) is 2.12. The first-order valence-corrected chi connectivity index (χ1v) is 4.44. The van der Waals surface area contributed by atoms with Crippen LogP contribution in [0.3, 0.4) is 0 Å². The average molecular weight is 258 g/mol. The minimum Gasteiger partial charge on any atom is -0.330 e. The summed E-state index contributed by atoms with van der Waals surface area (Å²) < 4.78 is 37.3. The van der Waals surface area contributed by atoms with E-state index in [1.165, 1.54) is 0 Å². The first-order valence-electron chi connectivity index (χ1n) is 4.44. The molecule has 0 saturated heterocycles. The Bertz CT molecular complexity index is 581. The lowest BCUT2D eigenvalue weighted by molar-refractivity contribution is -0.384. The summed E-state index contributed by atoms with van der Waals surface area (Å²) in [6.07, 6.45) is -4.66. The van der Waals surface area contributed by atoms with Crippen molar-refractivity contribution in [1.29, 1.82) is 0 Å². The van der Waals surface area contributed by atoms with Gasteiger partial charge in [0.2, 0.25) is 0 Å². The third-order valence-electron chi connectivity index (χ3n) is 2.08. The van der Waals surface area contributed by atoms with Crippen molar-refractivity contribution in [3.63, 3.8) is 0 Å². The van der Waals surface area contributed by atoms with Crippen LogP contribution in [0.5, 0.6) is 0 Å². The molecule has 1 aromatic carbocycles. The fourth-order valence-electron chi connectivity index (χ4n) is 1.30. The summed E-state index contributed by atoms with van der Waals surface area (Å²) in [5.41, 5.74) is -2.04. The van der Waals surface area contributed by atoms with Crippen LogP contribution < -0.4 is 5.10 Å². The zero-order valence-electron chi connectivity index (χ0n) is 8.42. The average Bonchev–Trinajstić information content (AvgIpc) is 2.80. The number of alkyl halides is 3. The Morgan fingerprint density at radius 3 is 2.56 bits per heavy atom. The zero-order chi connectivity index (χ0) is 13.3. The van der Waals surface area contributed by atoms with Gasteiger partial charge in [0.15, 0.2) is 0 Å². The maximum Gasteiger partial charge on any atom is 0.416 e. The molecule has 1 aromatic heterocycles. The number of rotatable bonds is 2. The van der Waals surface area contributed by atoms with Gasteiger partial charge in [0.25, 0.3) is 5.69 Å². The minimum absolute atomic E-state index is 0.169. The van der Waals surface area contributed by atoms with Gasteiger partial charge in [-0.15, -0.1) is 0 Å². The molecule has 0 spiro atoms. The molecule has 0 aliphatic rings. The zero-order valence-corrected chi connectivity index (χ0v) is 8.42. The van der Waals surface area contributed by atoms with E-state index in [0.717, 1.165) is 6.07 Å². The van der Waals surface area contributed by atoms with E-state index in [1.54, 1.807) is 0 Å². The van der Waals surface area contributed by atoms with Crippen molar-refractivity contribution in [2.24, 2.45) is 0 Å². The lowest BCUT2D eigenvalue weighted by Crippen LogP contribution is -2.06. The van der Waals surface area contributed by atoms with Gasteiger partial charge in [0, 0.05) is 11.9 Å². The third-order valence-corrected chi connectivity index (χ3v) is 2.08. The SMILES string of the molecule is O=[N+]([O-])c1cc(C(F)(F)F)ccc1-c1nnn[n-]1. The Morgan fingerprint density at radius 2 is 2.06 bits per heavy atom. The van der Waals surface area contributed by atoms with Crippen molar-refractivity contribution in [2.75, 3.05) is 0 Å². The Hall–Kier alpha value is -2.52. The number of nitrogens with zero attached hydrogens (tertiary/aromatic N) is 5. The van der Waals surface area contributed by atoms with E-state index in [4.69, 9.17) is 0 Å². The smallest absolute Gasteiger partial charge is 0.330 e. The van der Waals surface area contributed by atoms with Crippen molar-refractivity contribution >= 4 is 5.69 Å². The second kappa shape index (κ2) is 4.05. The van der Waals surface area contributed by atoms with E-state index in [-0.39, 0.29) is 11.4 Å². The second-order valence-corrected chi connectivity index (χ2v) is 3.19. The van der Waals surface area contributed by atoms with Crippen LogP contribution in [0.2, 0.25) is 0 Å². The predicted octanol–water partition coefficient (Wildman–Crippen LogP) is 1.42. The maximum absolute atomic E-state index is 12.4. The van der Waals surface area contributed by atoms with Gasteiger partial charge in [-0.1, -0.05) is 0 Å². The van der Waals surface area contributed by atoms with Gasteiger partial charge < -0.3 is 5.10 Å². The summed E-state index contributed by atoms with van der Waals surface area (Å²) >= 11 is 0. The summed E-state index contributed by atoms with van der Waals surface area (Å²) in [5, 5.41) is 23.7. The molecule has 0 atom stereocenters. The molecule has 0 aliphatic heterocycles. The van der Waals surface area contributed by atoms with Crippen LogP contribution >= 0.6 is 0 Å². The quantitative estimate of drug-likeness (QED) is 0.597. The van der Waals surface area contributed by atoms with Gasteiger partial charge in [-0.05, 0) is 12.1 Å². The fourth-order valence-corrected chi connectivity index (χ4v) is 1.30. The summed E-state index contributed by atoms with van der Waals surface area (Å²) in [4.78, 5) is 9.79. The number of halogens is 3. The van der Waals surface area contributed by atoms with Crippen LogP contribution in [0.15, 0.2) is 18.2 Å². The number of tetrazole rings is 1. The van der Waals surface area contributed by atoms with Crippen molar-refractivity contribution in [1.82, 2.24) is 20.6 Å². The van der Waals surface area contributed by atoms with E-state index in [2.05, 4.69) is 20.6 Å². The Labute approximate surface area is 96.8 Å². The molecule has 0 bridgehead atoms. The molecule has 0 N–H and O–H groups in total. The normalized spacial score (nSPS) is 11.5. The first kappa shape index (κ1) is 12.0. The molecule has 0 unspecified atom stereocenters. The van der Waals surface area contributed by atoms with Crippen LogP contribution in [0.25, 0.3) is 11.4 Å². The molecule has 0 radical (unpaired) electrons. The molecule has 0 saturated carbocycles. The molecule has 94 valence electrons. The summed E-state index contributed by atoms with van der Waals surface area (Å²) in [5.74, 6) is -0.199. The number of hydrogen-bond donors (Lipinski definition) is 0. The molecule has 7 nitrogen and oxygen atoms in total. The van der Waals surface area contributed by atoms with Gasteiger partial charge >= 0.3 is 6.18 Å². The largest absolute Gasteiger partial charge is 0.416 e. The number of hydrogen-bond acceptors (Lipinski definition) is 5. The van der Waals surface area contributed by atoms with E-state index in [9.17, 15) is 23.3 Å². The highest BCUT2D eigenvalue weighted by atomic mass is 19.4. The minimum atomic E-state index is -4.66. The van der Waals surface area contributed by atoms with Gasteiger partial charge in [0.05, 0.1) is 16.1 Å². The highest BCUT2D eigenvalue weighted by Gasteiger charge is 2.33. The lowest BCUT2D eigenvalue weighted by atomic mass is 10.1. The highest BCUT2D eigenvalue weighted by molar-refractivity contribution is 5.68. The van der Waals surface area contributed by atoms with Crippen molar-refractivity contribution in [3.8, 4) is 11.4 Å². The predicted molar refractivity (Wildman–Crippen MR) is 50.2 cm³/mol. The van der Waals surface area contributed by atoms with E-state index < -0.39 is 22.4 Å². The van der Waals surface area contributed by atoms with Crippen molar-refractivity contribution < 1.29 is 18.1 Å². The molecule has 10 heteroatoms. The van der Waals surface area contributed by atoms with E-state index in [1.807, 2.05) is 0 Å². The molecule has 2 rings (SSSR count). The highest BCUT2D eigenvalue weighted by Crippen LogP contribution is 2.35. The van der Waals surface area contributed by atoms with Crippen LogP contribution in [-0.2, 0) is 6.18 Å². The number of nitro groups is 1. The molecule has 0 aliphatic carbocycles. The monoisotopic (exact) mass is 258 g/mol. The van der Waals surface area contributed by atoms with E-state index in [0.29, 0.717) is 12.1 Å². The lowest BCUT2D eigenvalue weighted by Gasteiger charge is -2.08. The number of nitro benzene ring substituents is 1. The summed E-state index contributed by atoms with van der Waals surface area (Å²) in [6, 6.07) is 2.05. The Kier molecular flexibility index (Phi) is 2.69. The van der Waals surface area contributed by atoms with Gasteiger partial charge in [-0.3, -0.25) is 20.4 Å². The van der Waals surface area contributed by atoms with Crippen molar-refractivity contribution in [3.05, 3.63) is 33.9 Å². The number of aromatic nitrogens is 4. The molecule has 2 aromatic rings. The molecule has 18 heavy (non-hydrogen) atoms. The van der Waals surface area contributed by atoms with Gasteiger partial charge in [0.1, 0.15) is 0 Å². The molecular weight excluding hydrogens is 255 g/mol. The van der Waals surface area contributed by atoms with Crippen LogP contribution in [0.4, 0.5) is 18.9 Å². The van der Waals surface area contributed by atoms with E-state index >= 15 is 0 Å². The van der Waals surface area contributed by atoms with Crippen LogP contribution in [-0.4, -0.2) is 20.4 Å². The van der Waals surface area contributed by atoms with Crippen LogP contribution in [0.1, 0.15) is 5.56 Å². The first-order chi connectivity index (χ1) is 8.39. The fraction of sp³-hybridized carbons (Fsp3) is 0.125. The second-order valence-electron chi connectivity index (χ2n) is 3.19. The molecule has 1 heterocycles. The Morgan fingerprint density at radius 1 is 1.33 bits per heavy atom. The molecule has 0 fully saturated rings.